The number of aryl methyl sites for hydroxylation is 1. The van der Waals surface area contributed by atoms with Crippen LogP contribution in [0.3, 0.4) is 0 Å². The number of hydrogen-bond donors (Lipinski definition) is 1. The topological polar surface area (TPSA) is 115 Å². The molecule has 2 aliphatic heterocycles. The quantitative estimate of drug-likeness (QED) is 0.651. The van der Waals surface area contributed by atoms with Crippen LogP contribution in [0.25, 0.3) is 10.9 Å². The summed E-state index contributed by atoms with van der Waals surface area (Å²) in [6.07, 6.45) is 2.39. The van der Waals surface area contributed by atoms with Crippen LogP contribution in [-0.4, -0.2) is 71.1 Å². The van der Waals surface area contributed by atoms with Gasteiger partial charge in [0.25, 0.3) is 5.91 Å². The van der Waals surface area contributed by atoms with Gasteiger partial charge in [0.1, 0.15) is 0 Å². The Labute approximate surface area is 191 Å². The number of amides is 2. The number of rotatable bonds is 4. The Bertz CT molecular complexity index is 1220. The standard InChI is InChI=1S/C24H26N6O3/c1-15-19(13-26-24(27-15)29-8-10-33-11-9-29)23(32)30-7-6-16(14-30)21-12-18(22(25)31)17-4-2-3-5-20(17)28-21/h2-5,12-13,16H,6-11,14H2,1H3,(H2,25,31)/t16-/m0/s1. The van der Waals surface area contributed by atoms with Gasteiger partial charge in [-0.05, 0) is 25.5 Å². The Kier molecular flexibility index (Phi) is 5.63. The number of pyridine rings is 1. The van der Waals surface area contributed by atoms with Crippen molar-refractivity contribution in [3.63, 3.8) is 0 Å². The molecule has 1 atom stereocenters. The third kappa shape index (κ3) is 4.11. The molecular weight excluding hydrogens is 420 g/mol. The normalized spacial score (nSPS) is 18.6. The Hall–Kier alpha value is -3.59. The summed E-state index contributed by atoms with van der Waals surface area (Å²) < 4.78 is 5.38. The van der Waals surface area contributed by atoms with Gasteiger partial charge in [0.2, 0.25) is 11.9 Å². The monoisotopic (exact) mass is 446 g/mol. The van der Waals surface area contributed by atoms with Crippen LogP contribution < -0.4 is 10.6 Å². The predicted molar refractivity (Wildman–Crippen MR) is 123 cm³/mol. The molecule has 2 aromatic heterocycles. The molecule has 0 radical (unpaired) electrons. The summed E-state index contributed by atoms with van der Waals surface area (Å²) in [6.45, 7) is 5.76. The molecule has 2 saturated heterocycles. The fourth-order valence-electron chi connectivity index (χ4n) is 4.55. The first-order valence-corrected chi connectivity index (χ1v) is 11.2. The van der Waals surface area contributed by atoms with Gasteiger partial charge in [0.15, 0.2) is 0 Å². The van der Waals surface area contributed by atoms with Crippen molar-refractivity contribution in [1.82, 2.24) is 19.9 Å². The lowest BCUT2D eigenvalue weighted by Crippen LogP contribution is -2.37. The van der Waals surface area contributed by atoms with E-state index >= 15 is 0 Å². The second-order valence-corrected chi connectivity index (χ2v) is 8.48. The summed E-state index contributed by atoms with van der Waals surface area (Å²) >= 11 is 0. The van der Waals surface area contributed by atoms with Crippen LogP contribution in [0.4, 0.5) is 5.95 Å². The summed E-state index contributed by atoms with van der Waals surface area (Å²) in [5.41, 5.74) is 8.78. The third-order valence-corrected chi connectivity index (χ3v) is 6.39. The van der Waals surface area contributed by atoms with Crippen molar-refractivity contribution in [2.75, 3.05) is 44.3 Å². The van der Waals surface area contributed by atoms with Crippen LogP contribution in [-0.2, 0) is 4.74 Å². The van der Waals surface area contributed by atoms with Gasteiger partial charge in [-0.25, -0.2) is 9.97 Å². The number of para-hydroxylation sites is 1. The maximum atomic E-state index is 13.2. The maximum Gasteiger partial charge on any atom is 0.257 e. The van der Waals surface area contributed by atoms with E-state index in [4.69, 9.17) is 15.5 Å². The van der Waals surface area contributed by atoms with E-state index in [-0.39, 0.29) is 11.8 Å². The first-order chi connectivity index (χ1) is 16.0. The molecule has 0 saturated carbocycles. The summed E-state index contributed by atoms with van der Waals surface area (Å²) in [5, 5.41) is 0.743. The lowest BCUT2D eigenvalue weighted by molar-refractivity contribution is 0.0788. The highest BCUT2D eigenvalue weighted by Crippen LogP contribution is 2.30. The molecule has 3 aromatic rings. The molecule has 9 nitrogen and oxygen atoms in total. The van der Waals surface area contributed by atoms with Gasteiger partial charge in [0.05, 0.1) is 35.6 Å². The highest BCUT2D eigenvalue weighted by Gasteiger charge is 2.31. The maximum absolute atomic E-state index is 13.2. The van der Waals surface area contributed by atoms with E-state index in [0.29, 0.717) is 49.1 Å². The molecular formula is C24H26N6O3. The van der Waals surface area contributed by atoms with Crippen LogP contribution in [0.1, 0.15) is 44.4 Å². The van der Waals surface area contributed by atoms with Crippen molar-refractivity contribution in [3.05, 3.63) is 59.0 Å². The van der Waals surface area contributed by atoms with E-state index in [0.717, 1.165) is 36.1 Å². The number of aromatic nitrogens is 3. The van der Waals surface area contributed by atoms with Gasteiger partial charge < -0.3 is 20.3 Å². The minimum absolute atomic E-state index is 0.0329. The second-order valence-electron chi connectivity index (χ2n) is 8.48. The molecule has 9 heteroatoms. The summed E-state index contributed by atoms with van der Waals surface area (Å²) in [5.74, 6) is 0.102. The number of morpholine rings is 1. The van der Waals surface area contributed by atoms with Gasteiger partial charge >= 0.3 is 0 Å². The van der Waals surface area contributed by atoms with Crippen LogP contribution >= 0.6 is 0 Å². The lowest BCUT2D eigenvalue weighted by atomic mass is 9.99. The number of anilines is 1. The smallest absolute Gasteiger partial charge is 0.257 e. The molecule has 2 N–H and O–H groups in total. The number of likely N-dealkylation sites (tertiary alicyclic amines) is 1. The van der Waals surface area contributed by atoms with Crippen LogP contribution in [0.15, 0.2) is 36.5 Å². The zero-order chi connectivity index (χ0) is 22.9. The molecule has 0 spiro atoms. The molecule has 2 aliphatic rings. The Morgan fingerprint density at radius 3 is 2.64 bits per heavy atom. The van der Waals surface area contributed by atoms with E-state index in [2.05, 4.69) is 14.9 Å². The second kappa shape index (κ2) is 8.74. The van der Waals surface area contributed by atoms with E-state index in [9.17, 15) is 9.59 Å². The number of fused-ring (bicyclic) bond motifs is 1. The van der Waals surface area contributed by atoms with Crippen molar-refractivity contribution in [2.24, 2.45) is 5.73 Å². The highest BCUT2D eigenvalue weighted by molar-refractivity contribution is 6.05. The number of primary amides is 1. The molecule has 0 unspecified atom stereocenters. The minimum atomic E-state index is -0.478. The van der Waals surface area contributed by atoms with Gasteiger partial charge in [-0.2, -0.15) is 0 Å². The number of nitrogens with two attached hydrogens (primary N) is 1. The zero-order valence-corrected chi connectivity index (χ0v) is 18.5. The minimum Gasteiger partial charge on any atom is -0.378 e. The summed E-state index contributed by atoms with van der Waals surface area (Å²) in [6, 6.07) is 9.24. The van der Waals surface area contributed by atoms with E-state index in [1.54, 1.807) is 12.3 Å². The average molecular weight is 447 g/mol. The van der Waals surface area contributed by atoms with E-state index < -0.39 is 5.91 Å². The van der Waals surface area contributed by atoms with Crippen LogP contribution in [0.2, 0.25) is 0 Å². The Balaban J connectivity index is 1.35. The Morgan fingerprint density at radius 2 is 1.88 bits per heavy atom. The van der Waals surface area contributed by atoms with Crippen molar-refractivity contribution in [3.8, 4) is 0 Å². The number of ether oxygens (including phenoxy) is 1. The predicted octanol–water partition coefficient (Wildman–Crippen LogP) is 1.90. The van der Waals surface area contributed by atoms with Crippen molar-refractivity contribution in [2.45, 2.75) is 19.3 Å². The van der Waals surface area contributed by atoms with E-state index in [1.165, 1.54) is 0 Å². The molecule has 2 fully saturated rings. The molecule has 2 amide bonds. The number of carbonyl (C=O) groups is 2. The highest BCUT2D eigenvalue weighted by atomic mass is 16.5. The van der Waals surface area contributed by atoms with Gasteiger partial charge in [0, 0.05) is 49.4 Å². The largest absolute Gasteiger partial charge is 0.378 e. The number of carbonyl (C=O) groups excluding carboxylic acids is 2. The van der Waals surface area contributed by atoms with E-state index in [1.807, 2.05) is 36.1 Å². The number of nitrogens with zero attached hydrogens (tertiary/aromatic N) is 5. The third-order valence-electron chi connectivity index (χ3n) is 6.39. The molecule has 1 aromatic carbocycles. The van der Waals surface area contributed by atoms with Crippen LogP contribution in [0, 0.1) is 6.92 Å². The molecule has 0 aliphatic carbocycles. The SMILES string of the molecule is Cc1nc(N2CCOCC2)ncc1C(=O)N1CC[C@H](c2cc(C(N)=O)c3ccccc3n2)C1. The zero-order valence-electron chi connectivity index (χ0n) is 18.5. The molecule has 33 heavy (non-hydrogen) atoms. The fraction of sp³-hybridized carbons (Fsp3) is 0.375. The van der Waals surface area contributed by atoms with Gasteiger partial charge in [-0.3, -0.25) is 14.6 Å². The van der Waals surface area contributed by atoms with Gasteiger partial charge in [-0.15, -0.1) is 0 Å². The molecule has 5 rings (SSSR count). The van der Waals surface area contributed by atoms with Crippen molar-refractivity contribution >= 4 is 28.7 Å². The molecule has 170 valence electrons. The van der Waals surface area contributed by atoms with Crippen LogP contribution in [0.5, 0.6) is 0 Å². The molecule has 0 bridgehead atoms. The fourth-order valence-corrected chi connectivity index (χ4v) is 4.55. The summed E-state index contributed by atoms with van der Waals surface area (Å²) in [7, 11) is 0. The Morgan fingerprint density at radius 1 is 1.09 bits per heavy atom. The van der Waals surface area contributed by atoms with Crippen molar-refractivity contribution < 1.29 is 14.3 Å². The number of hydrogen-bond acceptors (Lipinski definition) is 7. The average Bonchev–Trinajstić information content (AvgIpc) is 3.34. The summed E-state index contributed by atoms with van der Waals surface area (Å²) in [4.78, 5) is 42.9. The van der Waals surface area contributed by atoms with Gasteiger partial charge in [-0.1, -0.05) is 18.2 Å². The first-order valence-electron chi connectivity index (χ1n) is 11.2. The first kappa shape index (κ1) is 21.3. The van der Waals surface area contributed by atoms with Crippen molar-refractivity contribution in [1.29, 1.82) is 0 Å². The lowest BCUT2D eigenvalue weighted by Gasteiger charge is -2.27. The molecule has 4 heterocycles. The number of benzene rings is 1.